The third-order valence-electron chi connectivity index (χ3n) is 3.67. The minimum Gasteiger partial charge on any atom is -0.338 e. The molecule has 1 saturated heterocycles. The third-order valence-corrected chi connectivity index (χ3v) is 3.67. The lowest BCUT2D eigenvalue weighted by Crippen LogP contribution is -2.47. The highest BCUT2D eigenvalue weighted by atomic mass is 16.2. The van der Waals surface area contributed by atoms with Crippen LogP contribution in [0.4, 0.5) is 0 Å². The lowest BCUT2D eigenvalue weighted by atomic mass is 10.2. The summed E-state index contributed by atoms with van der Waals surface area (Å²) in [6.07, 6.45) is 4.23. The van der Waals surface area contributed by atoms with Crippen LogP contribution in [0.3, 0.4) is 0 Å². The van der Waals surface area contributed by atoms with Crippen LogP contribution < -0.4 is 5.73 Å². The first kappa shape index (κ1) is 12.4. The first-order valence-corrected chi connectivity index (χ1v) is 6.40. The average molecular weight is 239 g/mol. The minimum absolute atomic E-state index is 0.00630. The van der Waals surface area contributed by atoms with Gasteiger partial charge in [-0.1, -0.05) is 0 Å². The number of carbonyl (C=O) groups is 2. The van der Waals surface area contributed by atoms with E-state index in [1.165, 1.54) is 0 Å². The van der Waals surface area contributed by atoms with Gasteiger partial charge >= 0.3 is 0 Å². The van der Waals surface area contributed by atoms with Crippen LogP contribution in [-0.4, -0.2) is 53.3 Å². The van der Waals surface area contributed by atoms with Gasteiger partial charge < -0.3 is 15.5 Å². The molecule has 1 atom stereocenters. The Hall–Kier alpha value is -1.10. The molecule has 17 heavy (non-hydrogen) atoms. The van der Waals surface area contributed by atoms with Crippen molar-refractivity contribution in [1.29, 1.82) is 0 Å². The van der Waals surface area contributed by atoms with Crippen molar-refractivity contribution < 1.29 is 9.59 Å². The van der Waals surface area contributed by atoms with Gasteiger partial charge in [-0.2, -0.15) is 0 Å². The van der Waals surface area contributed by atoms with Gasteiger partial charge in [0, 0.05) is 32.1 Å². The van der Waals surface area contributed by atoms with E-state index in [1.807, 2.05) is 9.80 Å². The van der Waals surface area contributed by atoms with Gasteiger partial charge in [0.1, 0.15) is 0 Å². The molecule has 96 valence electrons. The fourth-order valence-corrected chi connectivity index (χ4v) is 2.62. The molecule has 1 heterocycles. The van der Waals surface area contributed by atoms with Gasteiger partial charge in [0.2, 0.25) is 11.8 Å². The first-order valence-electron chi connectivity index (χ1n) is 6.40. The van der Waals surface area contributed by atoms with Crippen molar-refractivity contribution in [2.24, 2.45) is 5.73 Å². The van der Waals surface area contributed by atoms with Crippen LogP contribution in [-0.2, 0) is 9.59 Å². The highest BCUT2D eigenvalue weighted by Crippen LogP contribution is 2.29. The highest BCUT2D eigenvalue weighted by molar-refractivity contribution is 5.79. The van der Waals surface area contributed by atoms with Crippen LogP contribution in [0.15, 0.2) is 0 Å². The first-order chi connectivity index (χ1) is 8.13. The van der Waals surface area contributed by atoms with Gasteiger partial charge in [-0.15, -0.1) is 0 Å². The maximum Gasteiger partial charge on any atom is 0.236 e. The maximum atomic E-state index is 11.7. The van der Waals surface area contributed by atoms with Gasteiger partial charge in [0.15, 0.2) is 0 Å². The molecule has 5 heteroatoms. The van der Waals surface area contributed by atoms with E-state index >= 15 is 0 Å². The zero-order valence-corrected chi connectivity index (χ0v) is 10.4. The van der Waals surface area contributed by atoms with Gasteiger partial charge in [0.05, 0.1) is 6.54 Å². The van der Waals surface area contributed by atoms with E-state index in [2.05, 4.69) is 0 Å². The van der Waals surface area contributed by atoms with E-state index in [0.717, 1.165) is 32.2 Å². The van der Waals surface area contributed by atoms with Crippen molar-refractivity contribution in [3.63, 3.8) is 0 Å². The molecule has 0 aromatic heterocycles. The van der Waals surface area contributed by atoms with Crippen LogP contribution in [0.2, 0.25) is 0 Å². The molecule has 1 aliphatic heterocycles. The smallest absolute Gasteiger partial charge is 0.236 e. The number of carbonyl (C=O) groups excluding carboxylic acids is 2. The predicted molar refractivity (Wildman–Crippen MR) is 64.2 cm³/mol. The predicted octanol–water partition coefficient (Wildman–Crippen LogP) is -0.0530. The number of likely N-dealkylation sites (tertiary alicyclic amines) is 1. The van der Waals surface area contributed by atoms with E-state index in [-0.39, 0.29) is 24.4 Å². The van der Waals surface area contributed by atoms with Gasteiger partial charge in [-0.25, -0.2) is 0 Å². The number of hydrogen-bond donors (Lipinski definition) is 1. The van der Waals surface area contributed by atoms with Crippen LogP contribution in [0.5, 0.6) is 0 Å². The molecule has 0 aromatic carbocycles. The molecule has 0 radical (unpaired) electrons. The number of hydrogen-bond acceptors (Lipinski definition) is 3. The molecule has 2 amide bonds. The van der Waals surface area contributed by atoms with Crippen molar-refractivity contribution in [1.82, 2.24) is 9.80 Å². The fraction of sp³-hybridized carbons (Fsp3) is 0.833. The molecular weight excluding hydrogens is 218 g/mol. The summed E-state index contributed by atoms with van der Waals surface area (Å²) in [6.45, 7) is 3.16. The molecule has 2 fully saturated rings. The van der Waals surface area contributed by atoms with E-state index in [9.17, 15) is 9.59 Å². The summed E-state index contributed by atoms with van der Waals surface area (Å²) in [5.74, 6) is 0.131. The van der Waals surface area contributed by atoms with Crippen LogP contribution in [0.25, 0.3) is 0 Å². The second kappa shape index (κ2) is 5.04. The molecule has 0 bridgehead atoms. The Kier molecular flexibility index (Phi) is 3.66. The van der Waals surface area contributed by atoms with E-state index < -0.39 is 0 Å². The molecule has 2 aliphatic rings. The van der Waals surface area contributed by atoms with Crippen molar-refractivity contribution >= 4 is 11.8 Å². The normalized spacial score (nSPS) is 23.9. The molecule has 1 aliphatic carbocycles. The fourth-order valence-electron chi connectivity index (χ4n) is 2.62. The summed E-state index contributed by atoms with van der Waals surface area (Å²) in [5, 5.41) is 0. The molecule has 2 rings (SSSR count). The van der Waals surface area contributed by atoms with Crippen molar-refractivity contribution in [2.75, 3.05) is 19.6 Å². The monoisotopic (exact) mass is 239 g/mol. The van der Waals surface area contributed by atoms with Crippen LogP contribution in [0.1, 0.15) is 32.6 Å². The standard InChI is InChI=1S/C12H21N3O2/c1-9(16)15(10-4-5-10)8-11-3-2-6-14(11)12(17)7-13/h10-11H,2-8,13H2,1H3/t11-/m0/s1. The molecular formula is C12H21N3O2. The van der Waals surface area contributed by atoms with E-state index in [0.29, 0.717) is 12.6 Å². The molecule has 0 unspecified atom stereocenters. The summed E-state index contributed by atoms with van der Waals surface area (Å²) < 4.78 is 0. The zero-order chi connectivity index (χ0) is 12.4. The average Bonchev–Trinajstić information content (AvgIpc) is 3.03. The molecule has 0 aromatic rings. The number of amides is 2. The van der Waals surface area contributed by atoms with Crippen molar-refractivity contribution in [3.05, 3.63) is 0 Å². The topological polar surface area (TPSA) is 66.6 Å². The summed E-state index contributed by atoms with van der Waals surface area (Å²) in [6, 6.07) is 0.596. The maximum absolute atomic E-state index is 11.7. The summed E-state index contributed by atoms with van der Waals surface area (Å²) in [7, 11) is 0. The highest BCUT2D eigenvalue weighted by Gasteiger charge is 2.36. The summed E-state index contributed by atoms with van der Waals surface area (Å²) in [5.41, 5.74) is 5.41. The molecule has 5 nitrogen and oxygen atoms in total. The Morgan fingerprint density at radius 3 is 2.59 bits per heavy atom. The van der Waals surface area contributed by atoms with Crippen LogP contribution >= 0.6 is 0 Å². The van der Waals surface area contributed by atoms with E-state index in [1.54, 1.807) is 6.92 Å². The summed E-state index contributed by atoms with van der Waals surface area (Å²) in [4.78, 5) is 27.0. The quantitative estimate of drug-likeness (QED) is 0.748. The number of nitrogens with two attached hydrogens (primary N) is 1. The number of nitrogens with zero attached hydrogens (tertiary/aromatic N) is 2. The van der Waals surface area contributed by atoms with Gasteiger partial charge in [-0.05, 0) is 25.7 Å². The Balaban J connectivity index is 1.96. The Morgan fingerprint density at radius 2 is 2.06 bits per heavy atom. The largest absolute Gasteiger partial charge is 0.338 e. The molecule has 0 spiro atoms. The van der Waals surface area contributed by atoms with E-state index in [4.69, 9.17) is 5.73 Å². The second-order valence-electron chi connectivity index (χ2n) is 4.99. The SMILES string of the molecule is CC(=O)N(C[C@@H]1CCCN1C(=O)CN)C1CC1. The Morgan fingerprint density at radius 1 is 1.35 bits per heavy atom. The van der Waals surface area contributed by atoms with Crippen molar-refractivity contribution in [3.8, 4) is 0 Å². The second-order valence-corrected chi connectivity index (χ2v) is 4.99. The molecule has 2 N–H and O–H groups in total. The zero-order valence-electron chi connectivity index (χ0n) is 10.4. The van der Waals surface area contributed by atoms with Crippen LogP contribution in [0, 0.1) is 0 Å². The van der Waals surface area contributed by atoms with Crippen molar-refractivity contribution in [2.45, 2.75) is 44.7 Å². The number of rotatable bonds is 4. The summed E-state index contributed by atoms with van der Waals surface area (Å²) >= 11 is 0. The Bertz CT molecular complexity index is 315. The minimum atomic E-state index is 0.00630. The molecule has 1 saturated carbocycles. The Labute approximate surface area is 102 Å². The van der Waals surface area contributed by atoms with Gasteiger partial charge in [0.25, 0.3) is 0 Å². The van der Waals surface area contributed by atoms with Gasteiger partial charge in [-0.3, -0.25) is 9.59 Å². The lowest BCUT2D eigenvalue weighted by Gasteiger charge is -2.30. The lowest BCUT2D eigenvalue weighted by molar-refractivity contribution is -0.134. The third kappa shape index (κ3) is 2.77.